The van der Waals surface area contributed by atoms with Crippen LogP contribution in [0.25, 0.3) is 10.8 Å². The summed E-state index contributed by atoms with van der Waals surface area (Å²) < 4.78 is 11.3. The Morgan fingerprint density at radius 1 is 1.07 bits per heavy atom. The summed E-state index contributed by atoms with van der Waals surface area (Å²) in [5.41, 5.74) is 0. The molecule has 78 valence electrons. The number of hydrogen-bond donors (Lipinski definition) is 0. The molecule has 0 aliphatic carbocycles. The van der Waals surface area contributed by atoms with Crippen LogP contribution in [0, 0.1) is 0 Å². The zero-order valence-corrected chi connectivity index (χ0v) is 10.0. The van der Waals surface area contributed by atoms with Crippen molar-refractivity contribution in [3.63, 3.8) is 0 Å². The van der Waals surface area contributed by atoms with E-state index < -0.39 is 0 Å². The van der Waals surface area contributed by atoms with Gasteiger partial charge in [-0.3, -0.25) is 0 Å². The van der Waals surface area contributed by atoms with Crippen molar-refractivity contribution in [3.05, 3.63) is 28.9 Å². The van der Waals surface area contributed by atoms with E-state index in [9.17, 15) is 0 Å². The third-order valence-electron chi connectivity index (χ3n) is 2.22. The molecule has 0 saturated heterocycles. The van der Waals surface area contributed by atoms with E-state index in [1.807, 2.05) is 18.2 Å². The molecule has 0 unspecified atom stereocenters. The van der Waals surface area contributed by atoms with Gasteiger partial charge >= 0.3 is 0 Å². The van der Waals surface area contributed by atoms with Crippen LogP contribution < -0.4 is 9.47 Å². The first-order chi connectivity index (χ1) is 7.27. The zero-order chi connectivity index (χ0) is 10.8. The van der Waals surface area contributed by atoms with Gasteiger partial charge in [0.2, 0.25) is 5.88 Å². The molecule has 3 nitrogen and oxygen atoms in total. The normalized spacial score (nSPS) is 10.3. The summed E-state index contributed by atoms with van der Waals surface area (Å²) in [6.07, 6.45) is 1.71. The molecule has 0 fully saturated rings. The van der Waals surface area contributed by atoms with Crippen molar-refractivity contribution in [1.82, 2.24) is 4.98 Å². The van der Waals surface area contributed by atoms with E-state index in [-0.39, 0.29) is 0 Å². The Morgan fingerprint density at radius 3 is 2.53 bits per heavy atom. The molecule has 0 aliphatic heterocycles. The van der Waals surface area contributed by atoms with Gasteiger partial charge in [0, 0.05) is 17.0 Å². The zero-order valence-electron chi connectivity index (χ0n) is 8.45. The molecule has 15 heavy (non-hydrogen) atoms. The molecule has 0 aliphatic rings. The number of halogens is 1. The van der Waals surface area contributed by atoms with E-state index in [1.54, 1.807) is 20.4 Å². The maximum absolute atomic E-state index is 5.22. The minimum atomic E-state index is 0.621. The monoisotopic (exact) mass is 267 g/mol. The number of methoxy groups -OCH3 is 2. The molecule has 1 heterocycles. The van der Waals surface area contributed by atoms with Gasteiger partial charge in [-0.05, 0) is 34.1 Å². The Kier molecular flexibility index (Phi) is 2.77. The highest BCUT2D eigenvalue weighted by molar-refractivity contribution is 9.10. The Bertz CT molecular complexity index is 499. The third kappa shape index (κ3) is 1.65. The van der Waals surface area contributed by atoms with Gasteiger partial charge in [-0.15, -0.1) is 0 Å². The van der Waals surface area contributed by atoms with Crippen molar-refractivity contribution in [2.45, 2.75) is 0 Å². The maximum Gasteiger partial charge on any atom is 0.221 e. The summed E-state index contributed by atoms with van der Waals surface area (Å²) in [4.78, 5) is 4.14. The Balaban J connectivity index is 2.78. The van der Waals surface area contributed by atoms with Crippen molar-refractivity contribution >= 4 is 26.7 Å². The standard InChI is InChI=1S/C11H10BrNO2/c1-14-9-4-3-8-7(10(9)12)5-6-13-11(8)15-2/h3-6H,1-2H3. The molecule has 1 aromatic heterocycles. The lowest BCUT2D eigenvalue weighted by molar-refractivity contribution is 0.402. The van der Waals surface area contributed by atoms with Crippen LogP contribution in [0.15, 0.2) is 28.9 Å². The molecule has 4 heteroatoms. The summed E-state index contributed by atoms with van der Waals surface area (Å²) in [6, 6.07) is 5.74. The van der Waals surface area contributed by atoms with E-state index in [4.69, 9.17) is 9.47 Å². The first-order valence-electron chi connectivity index (χ1n) is 4.43. The molecule has 1 aromatic carbocycles. The molecule has 0 radical (unpaired) electrons. The molecule has 0 N–H and O–H groups in total. The van der Waals surface area contributed by atoms with E-state index in [2.05, 4.69) is 20.9 Å². The molecule has 2 aromatic rings. The minimum Gasteiger partial charge on any atom is -0.496 e. The highest BCUT2D eigenvalue weighted by Crippen LogP contribution is 2.35. The fourth-order valence-corrected chi connectivity index (χ4v) is 2.13. The fourth-order valence-electron chi connectivity index (χ4n) is 1.49. The number of hydrogen-bond acceptors (Lipinski definition) is 3. The van der Waals surface area contributed by atoms with Crippen LogP contribution in [0.1, 0.15) is 0 Å². The number of rotatable bonds is 2. The Morgan fingerprint density at radius 2 is 1.87 bits per heavy atom. The second-order valence-corrected chi connectivity index (χ2v) is 3.79. The van der Waals surface area contributed by atoms with Crippen molar-refractivity contribution in [2.75, 3.05) is 14.2 Å². The predicted octanol–water partition coefficient (Wildman–Crippen LogP) is 3.01. The second-order valence-electron chi connectivity index (χ2n) is 3.00. The molecular formula is C11H10BrNO2. The van der Waals surface area contributed by atoms with Gasteiger partial charge in [0.1, 0.15) is 5.75 Å². The van der Waals surface area contributed by atoms with Crippen molar-refractivity contribution in [2.24, 2.45) is 0 Å². The van der Waals surface area contributed by atoms with Crippen molar-refractivity contribution in [1.29, 1.82) is 0 Å². The van der Waals surface area contributed by atoms with Crippen LogP contribution in [0.2, 0.25) is 0 Å². The number of benzene rings is 1. The van der Waals surface area contributed by atoms with E-state index in [0.29, 0.717) is 5.88 Å². The number of aromatic nitrogens is 1. The van der Waals surface area contributed by atoms with Gasteiger partial charge in [0.15, 0.2) is 0 Å². The number of pyridine rings is 1. The molecule has 0 amide bonds. The Hall–Kier alpha value is -1.29. The minimum absolute atomic E-state index is 0.621. The average molecular weight is 268 g/mol. The lowest BCUT2D eigenvalue weighted by Crippen LogP contribution is -1.90. The van der Waals surface area contributed by atoms with Crippen LogP contribution in [0.4, 0.5) is 0 Å². The summed E-state index contributed by atoms with van der Waals surface area (Å²) >= 11 is 3.50. The van der Waals surface area contributed by atoms with Gasteiger partial charge < -0.3 is 9.47 Å². The molecule has 0 bridgehead atoms. The first-order valence-corrected chi connectivity index (χ1v) is 5.22. The van der Waals surface area contributed by atoms with Crippen LogP contribution in [-0.4, -0.2) is 19.2 Å². The Labute approximate surface area is 96.2 Å². The highest BCUT2D eigenvalue weighted by Gasteiger charge is 2.08. The lowest BCUT2D eigenvalue weighted by Gasteiger charge is -2.08. The van der Waals surface area contributed by atoms with Gasteiger partial charge in [0.05, 0.1) is 18.7 Å². The third-order valence-corrected chi connectivity index (χ3v) is 3.04. The van der Waals surface area contributed by atoms with E-state index in [0.717, 1.165) is 21.0 Å². The summed E-state index contributed by atoms with van der Waals surface area (Å²) in [5, 5.41) is 1.99. The van der Waals surface area contributed by atoms with Gasteiger partial charge in [-0.1, -0.05) is 0 Å². The van der Waals surface area contributed by atoms with E-state index in [1.165, 1.54) is 0 Å². The summed E-state index contributed by atoms with van der Waals surface area (Å²) in [7, 11) is 3.25. The maximum atomic E-state index is 5.22. The van der Waals surface area contributed by atoms with Crippen LogP contribution >= 0.6 is 15.9 Å². The smallest absolute Gasteiger partial charge is 0.221 e. The largest absolute Gasteiger partial charge is 0.496 e. The lowest BCUT2D eigenvalue weighted by atomic mass is 10.1. The van der Waals surface area contributed by atoms with Crippen LogP contribution in [0.3, 0.4) is 0 Å². The predicted molar refractivity (Wildman–Crippen MR) is 62.5 cm³/mol. The molecule has 0 saturated carbocycles. The van der Waals surface area contributed by atoms with Gasteiger partial charge in [-0.25, -0.2) is 4.98 Å². The summed E-state index contributed by atoms with van der Waals surface area (Å²) in [6.45, 7) is 0. The van der Waals surface area contributed by atoms with Crippen molar-refractivity contribution < 1.29 is 9.47 Å². The van der Waals surface area contributed by atoms with Crippen LogP contribution in [0.5, 0.6) is 11.6 Å². The quantitative estimate of drug-likeness (QED) is 0.838. The average Bonchev–Trinajstić information content (AvgIpc) is 2.29. The topological polar surface area (TPSA) is 31.4 Å². The second kappa shape index (κ2) is 4.06. The van der Waals surface area contributed by atoms with Crippen LogP contribution in [-0.2, 0) is 0 Å². The van der Waals surface area contributed by atoms with Gasteiger partial charge in [0.25, 0.3) is 0 Å². The molecular weight excluding hydrogens is 258 g/mol. The van der Waals surface area contributed by atoms with E-state index >= 15 is 0 Å². The number of ether oxygens (including phenoxy) is 2. The van der Waals surface area contributed by atoms with Gasteiger partial charge in [-0.2, -0.15) is 0 Å². The molecule has 2 rings (SSSR count). The number of fused-ring (bicyclic) bond motifs is 1. The highest BCUT2D eigenvalue weighted by atomic mass is 79.9. The molecule has 0 atom stereocenters. The fraction of sp³-hybridized carbons (Fsp3) is 0.182. The number of nitrogens with zero attached hydrogens (tertiary/aromatic N) is 1. The summed E-state index contributed by atoms with van der Waals surface area (Å²) in [5.74, 6) is 1.42. The first kappa shape index (κ1) is 10.2. The van der Waals surface area contributed by atoms with Crippen molar-refractivity contribution in [3.8, 4) is 11.6 Å². The molecule has 0 spiro atoms. The SMILES string of the molecule is COc1ccc2c(OC)nccc2c1Br.